The van der Waals surface area contributed by atoms with E-state index in [1.807, 2.05) is 11.8 Å². The quantitative estimate of drug-likeness (QED) is 0.340. The fourth-order valence-corrected chi connectivity index (χ4v) is 3.97. The van der Waals surface area contributed by atoms with E-state index in [0.717, 1.165) is 22.7 Å². The molecule has 5 nitrogen and oxygen atoms in total. The number of ether oxygens (including phenoxy) is 2. The molecular weight excluding hydrogens is 448 g/mol. The molecule has 0 atom stereocenters. The lowest BCUT2D eigenvalue weighted by atomic mass is 10.1. The summed E-state index contributed by atoms with van der Waals surface area (Å²) in [4.78, 5) is 18.3. The van der Waals surface area contributed by atoms with E-state index in [0.29, 0.717) is 22.8 Å². The second kappa shape index (κ2) is 9.56. The molecule has 0 aliphatic rings. The summed E-state index contributed by atoms with van der Waals surface area (Å²) < 4.78 is 62.2. The van der Waals surface area contributed by atoms with E-state index >= 15 is 0 Å². The van der Waals surface area contributed by atoms with E-state index in [-0.39, 0.29) is 5.75 Å². The molecule has 32 heavy (non-hydrogen) atoms. The standard InChI is InChI=1S/C22H20F4N2O3S/c1-13-19(32-21(27-13)14-4-6-15(7-5-14)22(24,25)26)11-28(2)16-8-9-18(17(23)10-16)31-12-20(29)30-3/h4-10H,11-12H2,1-3H3. The van der Waals surface area contributed by atoms with Crippen LogP contribution in [0, 0.1) is 12.7 Å². The van der Waals surface area contributed by atoms with Gasteiger partial charge in [-0.3, -0.25) is 0 Å². The van der Waals surface area contributed by atoms with E-state index in [2.05, 4.69) is 9.72 Å². The molecule has 1 aromatic heterocycles. The Bertz CT molecular complexity index is 1100. The number of nitrogens with zero attached hydrogens (tertiary/aromatic N) is 2. The smallest absolute Gasteiger partial charge is 0.416 e. The van der Waals surface area contributed by atoms with E-state index in [1.54, 1.807) is 13.1 Å². The van der Waals surface area contributed by atoms with Crippen molar-refractivity contribution in [2.24, 2.45) is 0 Å². The van der Waals surface area contributed by atoms with Gasteiger partial charge in [0.1, 0.15) is 5.01 Å². The number of halogens is 4. The summed E-state index contributed by atoms with van der Waals surface area (Å²) in [6.07, 6.45) is -4.39. The summed E-state index contributed by atoms with van der Waals surface area (Å²) in [5.74, 6) is -1.30. The van der Waals surface area contributed by atoms with Gasteiger partial charge in [-0.05, 0) is 31.2 Å². The van der Waals surface area contributed by atoms with Gasteiger partial charge in [-0.1, -0.05) is 12.1 Å². The van der Waals surface area contributed by atoms with Gasteiger partial charge in [0.25, 0.3) is 0 Å². The van der Waals surface area contributed by atoms with Crippen molar-refractivity contribution < 1.29 is 31.8 Å². The highest BCUT2D eigenvalue weighted by atomic mass is 32.1. The molecule has 3 aromatic rings. The lowest BCUT2D eigenvalue weighted by Gasteiger charge is -2.19. The topological polar surface area (TPSA) is 51.7 Å². The Hall–Kier alpha value is -3.14. The van der Waals surface area contributed by atoms with Gasteiger partial charge < -0.3 is 14.4 Å². The minimum Gasteiger partial charge on any atom is -0.479 e. The summed E-state index contributed by atoms with van der Waals surface area (Å²) in [5, 5.41) is 0.609. The van der Waals surface area contributed by atoms with Crippen LogP contribution >= 0.6 is 11.3 Å². The first-order valence-corrected chi connectivity index (χ1v) is 10.2. The molecule has 0 spiro atoms. The van der Waals surface area contributed by atoms with Gasteiger partial charge in [0.15, 0.2) is 18.2 Å². The van der Waals surface area contributed by atoms with Crippen LogP contribution in [0.3, 0.4) is 0 Å². The van der Waals surface area contributed by atoms with Crippen molar-refractivity contribution in [1.29, 1.82) is 0 Å². The zero-order chi connectivity index (χ0) is 23.5. The number of aryl methyl sites for hydroxylation is 1. The first-order chi connectivity index (χ1) is 15.1. The van der Waals surface area contributed by atoms with E-state index in [1.165, 1.54) is 42.7 Å². The maximum absolute atomic E-state index is 14.3. The number of alkyl halides is 3. The van der Waals surface area contributed by atoms with Crippen LogP contribution in [-0.4, -0.2) is 31.7 Å². The Labute approximate surface area is 186 Å². The van der Waals surface area contributed by atoms with Crippen molar-refractivity contribution in [2.75, 3.05) is 25.7 Å². The second-order valence-corrected chi connectivity index (χ2v) is 8.02. The van der Waals surface area contributed by atoms with Crippen molar-refractivity contribution in [3.63, 3.8) is 0 Å². The minimum absolute atomic E-state index is 0.0638. The van der Waals surface area contributed by atoms with Crippen LogP contribution in [0.25, 0.3) is 10.6 Å². The largest absolute Gasteiger partial charge is 0.479 e. The predicted molar refractivity (Wildman–Crippen MR) is 113 cm³/mol. The molecule has 0 aliphatic carbocycles. The van der Waals surface area contributed by atoms with E-state index in [9.17, 15) is 22.4 Å². The van der Waals surface area contributed by atoms with Crippen molar-refractivity contribution in [1.82, 2.24) is 4.98 Å². The van der Waals surface area contributed by atoms with Gasteiger partial charge in [-0.25, -0.2) is 14.2 Å². The third-order valence-corrected chi connectivity index (χ3v) is 5.85. The summed E-state index contributed by atoms with van der Waals surface area (Å²) in [7, 11) is 2.99. The molecule has 0 saturated heterocycles. The number of thiazole rings is 1. The Morgan fingerprint density at radius 2 is 1.84 bits per heavy atom. The van der Waals surface area contributed by atoms with Crippen molar-refractivity contribution >= 4 is 23.0 Å². The molecule has 170 valence electrons. The summed E-state index contributed by atoms with van der Waals surface area (Å²) in [5.41, 5.74) is 1.21. The zero-order valence-electron chi connectivity index (χ0n) is 17.5. The number of esters is 1. The molecule has 0 unspecified atom stereocenters. The number of hydrogen-bond acceptors (Lipinski definition) is 6. The molecule has 0 saturated carbocycles. The molecule has 3 rings (SSSR count). The van der Waals surface area contributed by atoms with Crippen molar-refractivity contribution in [2.45, 2.75) is 19.6 Å². The summed E-state index contributed by atoms with van der Waals surface area (Å²) in [6.45, 7) is 1.85. The Kier molecular flexibility index (Phi) is 7.02. The van der Waals surface area contributed by atoms with Gasteiger partial charge in [-0.15, -0.1) is 11.3 Å². The third kappa shape index (κ3) is 5.56. The molecule has 0 amide bonds. The molecule has 0 radical (unpaired) electrons. The summed E-state index contributed by atoms with van der Waals surface area (Å²) in [6, 6.07) is 9.24. The van der Waals surface area contributed by atoms with Crippen LogP contribution in [0.5, 0.6) is 5.75 Å². The van der Waals surface area contributed by atoms with Crippen molar-refractivity contribution in [3.05, 3.63) is 64.4 Å². The summed E-state index contributed by atoms with van der Waals surface area (Å²) >= 11 is 1.37. The first-order valence-electron chi connectivity index (χ1n) is 9.42. The number of methoxy groups -OCH3 is 1. The molecule has 0 bridgehead atoms. The highest BCUT2D eigenvalue weighted by molar-refractivity contribution is 7.15. The van der Waals surface area contributed by atoms with Gasteiger partial charge in [-0.2, -0.15) is 13.2 Å². The second-order valence-electron chi connectivity index (χ2n) is 6.94. The zero-order valence-corrected chi connectivity index (χ0v) is 18.3. The molecule has 10 heteroatoms. The molecule has 0 N–H and O–H groups in total. The maximum Gasteiger partial charge on any atom is 0.416 e. The molecular formula is C22H20F4N2O3S. The van der Waals surface area contributed by atoms with Crippen LogP contribution in [0.2, 0.25) is 0 Å². The van der Waals surface area contributed by atoms with Gasteiger partial charge in [0, 0.05) is 29.2 Å². The van der Waals surface area contributed by atoms with Gasteiger partial charge in [0.05, 0.1) is 24.9 Å². The Morgan fingerprint density at radius 3 is 2.44 bits per heavy atom. The van der Waals surface area contributed by atoms with E-state index < -0.39 is 30.1 Å². The lowest BCUT2D eigenvalue weighted by Crippen LogP contribution is -2.17. The molecule has 0 fully saturated rings. The Morgan fingerprint density at radius 1 is 1.16 bits per heavy atom. The van der Waals surface area contributed by atoms with Crippen LogP contribution in [-0.2, 0) is 22.3 Å². The number of rotatable bonds is 7. The Balaban J connectivity index is 1.72. The predicted octanol–water partition coefficient (Wildman–Crippen LogP) is 5.46. The minimum atomic E-state index is -4.39. The van der Waals surface area contributed by atoms with Crippen LogP contribution < -0.4 is 9.64 Å². The highest BCUT2D eigenvalue weighted by Gasteiger charge is 2.30. The van der Waals surface area contributed by atoms with Gasteiger partial charge >= 0.3 is 12.1 Å². The first kappa shape index (κ1) is 23.5. The van der Waals surface area contributed by atoms with Crippen LogP contribution in [0.4, 0.5) is 23.2 Å². The number of anilines is 1. The number of carbonyl (C=O) groups excluding carboxylic acids is 1. The molecule has 0 aliphatic heterocycles. The highest BCUT2D eigenvalue weighted by Crippen LogP contribution is 2.34. The van der Waals surface area contributed by atoms with Crippen LogP contribution in [0.15, 0.2) is 42.5 Å². The number of carbonyl (C=O) groups is 1. The normalized spacial score (nSPS) is 11.3. The number of aromatic nitrogens is 1. The SMILES string of the molecule is COC(=O)COc1ccc(N(C)Cc2sc(-c3ccc(C(F)(F)F)cc3)nc2C)cc1F. The monoisotopic (exact) mass is 468 g/mol. The third-order valence-electron chi connectivity index (χ3n) is 4.66. The van der Waals surface area contributed by atoms with Gasteiger partial charge in [0.2, 0.25) is 0 Å². The lowest BCUT2D eigenvalue weighted by molar-refractivity contribution is -0.143. The molecule has 1 heterocycles. The number of hydrogen-bond donors (Lipinski definition) is 0. The van der Waals surface area contributed by atoms with Crippen LogP contribution in [0.1, 0.15) is 16.1 Å². The maximum atomic E-state index is 14.3. The fraction of sp³-hybridized carbons (Fsp3) is 0.273. The molecule has 2 aromatic carbocycles. The average Bonchev–Trinajstić information content (AvgIpc) is 3.12. The number of benzene rings is 2. The fourth-order valence-electron chi connectivity index (χ4n) is 2.85. The van der Waals surface area contributed by atoms with E-state index in [4.69, 9.17) is 4.74 Å². The average molecular weight is 468 g/mol. The van der Waals surface area contributed by atoms with Crippen molar-refractivity contribution in [3.8, 4) is 16.3 Å².